The molecule has 2 N–H and O–H groups in total. The Labute approximate surface area is 100 Å². The third kappa shape index (κ3) is 3.82. The minimum absolute atomic E-state index is 0.0871. The number of carbonyl (C=O) groups is 1. The lowest BCUT2D eigenvalue weighted by atomic mass is 9.85. The first-order valence-corrected chi connectivity index (χ1v) is 6.00. The van der Waals surface area contributed by atoms with E-state index in [-0.39, 0.29) is 11.7 Å². The highest BCUT2D eigenvalue weighted by molar-refractivity contribution is 5.92. The smallest absolute Gasteiger partial charge is 0.238 e. The van der Waals surface area contributed by atoms with E-state index in [1.807, 2.05) is 0 Å². The third-order valence-corrected chi connectivity index (χ3v) is 3.07. The van der Waals surface area contributed by atoms with Crippen LogP contribution in [-0.4, -0.2) is 19.0 Å². The molecule has 1 amide bonds. The fraction of sp³-hybridized carbons (Fsp3) is 0.462. The molecule has 2 rings (SSSR count). The summed E-state index contributed by atoms with van der Waals surface area (Å²) in [6, 6.07) is 5.77. The van der Waals surface area contributed by atoms with Gasteiger partial charge in [-0.05, 0) is 49.6 Å². The van der Waals surface area contributed by atoms with Crippen LogP contribution in [0.1, 0.15) is 19.3 Å². The summed E-state index contributed by atoms with van der Waals surface area (Å²) in [5.41, 5.74) is 0.627. The van der Waals surface area contributed by atoms with E-state index < -0.39 is 0 Å². The van der Waals surface area contributed by atoms with Crippen molar-refractivity contribution >= 4 is 11.6 Å². The van der Waals surface area contributed by atoms with Crippen LogP contribution < -0.4 is 10.6 Å². The molecule has 0 aliphatic heterocycles. The van der Waals surface area contributed by atoms with E-state index in [0.717, 1.165) is 12.5 Å². The van der Waals surface area contributed by atoms with Gasteiger partial charge in [0.05, 0.1) is 6.54 Å². The van der Waals surface area contributed by atoms with Crippen LogP contribution in [0.4, 0.5) is 10.1 Å². The first-order chi connectivity index (χ1) is 8.24. The SMILES string of the molecule is O=C(CNCC1CCC1)Nc1ccc(F)cc1. The number of carbonyl (C=O) groups excluding carboxylic acids is 1. The van der Waals surface area contributed by atoms with E-state index >= 15 is 0 Å². The molecule has 3 nitrogen and oxygen atoms in total. The Kier molecular flexibility index (Phi) is 4.09. The lowest BCUT2D eigenvalue weighted by Gasteiger charge is -2.25. The Morgan fingerprint density at radius 3 is 2.59 bits per heavy atom. The van der Waals surface area contributed by atoms with Crippen LogP contribution in [0.3, 0.4) is 0 Å². The molecule has 1 aromatic carbocycles. The molecule has 0 spiro atoms. The van der Waals surface area contributed by atoms with Crippen LogP contribution in [0.5, 0.6) is 0 Å². The van der Waals surface area contributed by atoms with Gasteiger partial charge in [-0.2, -0.15) is 0 Å². The molecule has 1 aromatic rings. The van der Waals surface area contributed by atoms with Crippen LogP contribution in [0.2, 0.25) is 0 Å². The minimum atomic E-state index is -0.300. The molecule has 92 valence electrons. The molecule has 1 aliphatic carbocycles. The Bertz CT molecular complexity index is 374. The summed E-state index contributed by atoms with van der Waals surface area (Å²) in [6.45, 7) is 1.23. The van der Waals surface area contributed by atoms with Gasteiger partial charge in [0.15, 0.2) is 0 Å². The zero-order valence-electron chi connectivity index (χ0n) is 9.71. The van der Waals surface area contributed by atoms with Crippen molar-refractivity contribution in [2.75, 3.05) is 18.4 Å². The van der Waals surface area contributed by atoms with E-state index in [2.05, 4.69) is 10.6 Å². The zero-order chi connectivity index (χ0) is 12.1. The summed E-state index contributed by atoms with van der Waals surface area (Å²) in [4.78, 5) is 11.5. The van der Waals surface area contributed by atoms with Crippen LogP contribution >= 0.6 is 0 Å². The van der Waals surface area contributed by atoms with Crippen LogP contribution in [0.15, 0.2) is 24.3 Å². The van der Waals surface area contributed by atoms with E-state index in [9.17, 15) is 9.18 Å². The summed E-state index contributed by atoms with van der Waals surface area (Å²) < 4.78 is 12.6. The van der Waals surface area contributed by atoms with Gasteiger partial charge < -0.3 is 10.6 Å². The van der Waals surface area contributed by atoms with Crippen molar-refractivity contribution in [2.24, 2.45) is 5.92 Å². The quantitative estimate of drug-likeness (QED) is 0.822. The topological polar surface area (TPSA) is 41.1 Å². The lowest BCUT2D eigenvalue weighted by molar-refractivity contribution is -0.115. The maximum absolute atomic E-state index is 12.6. The van der Waals surface area contributed by atoms with Crippen molar-refractivity contribution in [3.8, 4) is 0 Å². The molecule has 1 fully saturated rings. The van der Waals surface area contributed by atoms with Crippen molar-refractivity contribution in [3.63, 3.8) is 0 Å². The number of hydrogen-bond acceptors (Lipinski definition) is 2. The van der Waals surface area contributed by atoms with Gasteiger partial charge in [0, 0.05) is 5.69 Å². The fourth-order valence-corrected chi connectivity index (χ4v) is 1.83. The summed E-state index contributed by atoms with van der Waals surface area (Å²) in [7, 11) is 0. The molecule has 0 heterocycles. The number of halogens is 1. The lowest BCUT2D eigenvalue weighted by Crippen LogP contribution is -2.33. The molecular formula is C13H17FN2O. The van der Waals surface area contributed by atoms with Gasteiger partial charge in [-0.3, -0.25) is 4.79 Å². The van der Waals surface area contributed by atoms with Crippen molar-refractivity contribution in [1.82, 2.24) is 5.32 Å². The van der Waals surface area contributed by atoms with Crippen molar-refractivity contribution in [2.45, 2.75) is 19.3 Å². The number of nitrogens with one attached hydrogen (secondary N) is 2. The fourth-order valence-electron chi connectivity index (χ4n) is 1.83. The molecule has 0 radical (unpaired) electrons. The molecule has 0 saturated heterocycles. The van der Waals surface area contributed by atoms with E-state index in [1.54, 1.807) is 12.1 Å². The third-order valence-electron chi connectivity index (χ3n) is 3.07. The van der Waals surface area contributed by atoms with Crippen molar-refractivity contribution < 1.29 is 9.18 Å². The summed E-state index contributed by atoms with van der Waals surface area (Å²) in [5, 5.41) is 5.84. The minimum Gasteiger partial charge on any atom is -0.325 e. The predicted octanol–water partition coefficient (Wildman–Crippen LogP) is 2.15. The van der Waals surface area contributed by atoms with Gasteiger partial charge in [-0.15, -0.1) is 0 Å². The molecule has 0 unspecified atom stereocenters. The van der Waals surface area contributed by atoms with Crippen molar-refractivity contribution in [1.29, 1.82) is 0 Å². The molecule has 17 heavy (non-hydrogen) atoms. The standard InChI is InChI=1S/C13H17FN2O/c14-11-4-6-12(7-5-11)16-13(17)9-15-8-10-2-1-3-10/h4-7,10,15H,1-3,8-9H2,(H,16,17). The maximum Gasteiger partial charge on any atom is 0.238 e. The molecule has 1 aliphatic rings. The molecule has 0 aromatic heterocycles. The maximum atomic E-state index is 12.6. The Hall–Kier alpha value is -1.42. The van der Waals surface area contributed by atoms with Crippen molar-refractivity contribution in [3.05, 3.63) is 30.1 Å². The van der Waals surface area contributed by atoms with Gasteiger partial charge in [-0.1, -0.05) is 6.42 Å². The highest BCUT2D eigenvalue weighted by Crippen LogP contribution is 2.24. The second-order valence-electron chi connectivity index (χ2n) is 4.48. The molecule has 0 atom stereocenters. The highest BCUT2D eigenvalue weighted by atomic mass is 19.1. The zero-order valence-corrected chi connectivity index (χ0v) is 9.71. The Balaban J connectivity index is 1.67. The molecular weight excluding hydrogens is 219 g/mol. The van der Waals surface area contributed by atoms with Gasteiger partial charge in [0.25, 0.3) is 0 Å². The van der Waals surface area contributed by atoms with Gasteiger partial charge in [0.2, 0.25) is 5.91 Å². The van der Waals surface area contributed by atoms with Gasteiger partial charge in [0.1, 0.15) is 5.82 Å². The molecule has 0 bridgehead atoms. The summed E-state index contributed by atoms with van der Waals surface area (Å²) in [6.07, 6.45) is 3.85. The van der Waals surface area contributed by atoms with Crippen LogP contribution in [0, 0.1) is 11.7 Å². The average molecular weight is 236 g/mol. The molecule has 4 heteroatoms. The van der Waals surface area contributed by atoms with Crippen LogP contribution in [-0.2, 0) is 4.79 Å². The second-order valence-corrected chi connectivity index (χ2v) is 4.48. The summed E-state index contributed by atoms with van der Waals surface area (Å²) >= 11 is 0. The van der Waals surface area contributed by atoms with Gasteiger partial charge >= 0.3 is 0 Å². The number of amides is 1. The van der Waals surface area contributed by atoms with Crippen LogP contribution in [0.25, 0.3) is 0 Å². The first-order valence-electron chi connectivity index (χ1n) is 6.00. The number of anilines is 1. The van der Waals surface area contributed by atoms with E-state index in [0.29, 0.717) is 12.2 Å². The second kappa shape index (κ2) is 5.77. The normalized spacial score (nSPS) is 15.4. The Morgan fingerprint density at radius 1 is 1.29 bits per heavy atom. The Morgan fingerprint density at radius 2 is 2.00 bits per heavy atom. The van der Waals surface area contributed by atoms with E-state index in [4.69, 9.17) is 0 Å². The average Bonchev–Trinajstić information content (AvgIpc) is 2.25. The summed E-state index contributed by atoms with van der Waals surface area (Å²) in [5.74, 6) is 0.357. The predicted molar refractivity (Wildman–Crippen MR) is 65.2 cm³/mol. The highest BCUT2D eigenvalue weighted by Gasteiger charge is 2.16. The van der Waals surface area contributed by atoms with Gasteiger partial charge in [-0.25, -0.2) is 4.39 Å². The largest absolute Gasteiger partial charge is 0.325 e. The molecule has 1 saturated carbocycles. The van der Waals surface area contributed by atoms with E-state index in [1.165, 1.54) is 31.4 Å². The number of benzene rings is 1. The monoisotopic (exact) mass is 236 g/mol. The number of hydrogen-bond donors (Lipinski definition) is 2. The number of rotatable bonds is 5. The first kappa shape index (κ1) is 12.0.